The van der Waals surface area contributed by atoms with Gasteiger partial charge in [-0.15, -0.1) is 0 Å². The molecule has 16 heavy (non-hydrogen) atoms. The van der Waals surface area contributed by atoms with E-state index in [9.17, 15) is 4.79 Å². The summed E-state index contributed by atoms with van der Waals surface area (Å²) in [6, 6.07) is 0. The van der Waals surface area contributed by atoms with Crippen LogP contribution in [0.1, 0.15) is 36.3 Å². The number of aromatic nitrogens is 2. The molecule has 0 spiro atoms. The van der Waals surface area contributed by atoms with Crippen molar-refractivity contribution in [1.82, 2.24) is 10.1 Å². The Morgan fingerprint density at radius 3 is 3.06 bits per heavy atom. The van der Waals surface area contributed by atoms with E-state index < -0.39 is 5.97 Å². The summed E-state index contributed by atoms with van der Waals surface area (Å²) in [7, 11) is 0. The molecule has 1 saturated carbocycles. The van der Waals surface area contributed by atoms with E-state index in [1.54, 1.807) is 6.92 Å². The Bertz CT molecular complexity index is 359. The highest BCUT2D eigenvalue weighted by atomic mass is 16.5. The van der Waals surface area contributed by atoms with Crippen molar-refractivity contribution < 1.29 is 18.8 Å². The molecular formula is C10H14N2O4. The summed E-state index contributed by atoms with van der Waals surface area (Å²) >= 11 is 0. The van der Waals surface area contributed by atoms with Crippen molar-refractivity contribution in [1.29, 1.82) is 0 Å². The highest BCUT2D eigenvalue weighted by molar-refractivity contribution is 5.84. The second-order valence-electron chi connectivity index (χ2n) is 3.55. The Hall–Kier alpha value is -1.43. The largest absolute Gasteiger partial charge is 0.460 e. The monoisotopic (exact) mass is 226 g/mol. The van der Waals surface area contributed by atoms with Gasteiger partial charge < -0.3 is 14.0 Å². The minimum atomic E-state index is -0.555. The van der Waals surface area contributed by atoms with Crippen LogP contribution in [0, 0.1) is 0 Å². The van der Waals surface area contributed by atoms with Crippen LogP contribution < -0.4 is 0 Å². The quantitative estimate of drug-likeness (QED) is 0.673. The maximum absolute atomic E-state index is 11.2. The number of nitrogens with zero attached hydrogens (tertiary/aromatic N) is 2. The Morgan fingerprint density at radius 1 is 1.56 bits per heavy atom. The van der Waals surface area contributed by atoms with Gasteiger partial charge in [0.2, 0.25) is 5.89 Å². The second kappa shape index (κ2) is 5.07. The zero-order valence-corrected chi connectivity index (χ0v) is 9.14. The van der Waals surface area contributed by atoms with Crippen molar-refractivity contribution in [2.75, 3.05) is 13.2 Å². The fraction of sp³-hybridized carbons (Fsp3) is 0.700. The Morgan fingerprint density at radius 2 is 2.38 bits per heavy atom. The average molecular weight is 226 g/mol. The van der Waals surface area contributed by atoms with Crippen LogP contribution in [0.25, 0.3) is 0 Å². The molecule has 0 unspecified atom stereocenters. The predicted octanol–water partition coefficient (Wildman–Crippen LogP) is 0.968. The lowest BCUT2D eigenvalue weighted by atomic mass is 10.4. The van der Waals surface area contributed by atoms with Gasteiger partial charge in [0.15, 0.2) is 0 Å². The molecule has 0 atom stereocenters. The number of esters is 1. The first-order chi connectivity index (χ1) is 7.79. The Kier molecular flexibility index (Phi) is 3.51. The third-order valence-corrected chi connectivity index (χ3v) is 2.12. The smallest absolute Gasteiger partial charge is 0.379 e. The Balaban J connectivity index is 1.78. The van der Waals surface area contributed by atoms with Gasteiger partial charge in [-0.3, -0.25) is 0 Å². The van der Waals surface area contributed by atoms with E-state index in [4.69, 9.17) is 14.0 Å². The summed E-state index contributed by atoms with van der Waals surface area (Å²) in [6.45, 7) is 2.57. The van der Waals surface area contributed by atoms with Crippen molar-refractivity contribution in [2.24, 2.45) is 0 Å². The van der Waals surface area contributed by atoms with Crippen molar-refractivity contribution >= 4 is 5.97 Å². The van der Waals surface area contributed by atoms with Crippen molar-refractivity contribution in [2.45, 2.75) is 32.3 Å². The lowest BCUT2D eigenvalue weighted by molar-refractivity contribution is 0.0508. The van der Waals surface area contributed by atoms with Crippen molar-refractivity contribution in [3.05, 3.63) is 11.7 Å². The number of hydrogen-bond donors (Lipinski definition) is 0. The van der Waals surface area contributed by atoms with E-state index in [-0.39, 0.29) is 5.82 Å². The third-order valence-electron chi connectivity index (χ3n) is 2.12. The number of ether oxygens (including phenoxy) is 2. The van der Waals surface area contributed by atoms with Gasteiger partial charge in [-0.2, -0.15) is 4.98 Å². The predicted molar refractivity (Wildman–Crippen MR) is 52.9 cm³/mol. The molecular weight excluding hydrogens is 212 g/mol. The van der Waals surface area contributed by atoms with E-state index in [1.165, 1.54) is 0 Å². The zero-order chi connectivity index (χ0) is 11.4. The molecule has 0 N–H and O–H groups in total. The fourth-order valence-electron chi connectivity index (χ4n) is 1.18. The van der Waals surface area contributed by atoms with Gasteiger partial charge >= 0.3 is 5.97 Å². The van der Waals surface area contributed by atoms with Gasteiger partial charge in [0.25, 0.3) is 5.82 Å². The van der Waals surface area contributed by atoms with Crippen LogP contribution in [0.2, 0.25) is 0 Å². The average Bonchev–Trinajstić information content (AvgIpc) is 2.95. The molecule has 0 amide bonds. The molecule has 1 aliphatic carbocycles. The van der Waals surface area contributed by atoms with Crippen LogP contribution in [0.4, 0.5) is 0 Å². The summed E-state index contributed by atoms with van der Waals surface area (Å²) in [4.78, 5) is 15.1. The van der Waals surface area contributed by atoms with E-state index in [1.807, 2.05) is 0 Å². The lowest BCUT2D eigenvalue weighted by Gasteiger charge is -1.96. The summed E-state index contributed by atoms with van der Waals surface area (Å²) in [5, 5.41) is 3.53. The van der Waals surface area contributed by atoms with Crippen LogP contribution >= 0.6 is 0 Å². The van der Waals surface area contributed by atoms with E-state index >= 15 is 0 Å². The summed E-state index contributed by atoms with van der Waals surface area (Å²) in [5.41, 5.74) is 0. The van der Waals surface area contributed by atoms with Gasteiger partial charge in [0, 0.05) is 0 Å². The molecule has 0 bridgehead atoms. The molecule has 0 saturated heterocycles. The van der Waals surface area contributed by atoms with Crippen LogP contribution in [-0.4, -0.2) is 35.4 Å². The van der Waals surface area contributed by atoms with Gasteiger partial charge in [0.05, 0.1) is 25.7 Å². The van der Waals surface area contributed by atoms with Crippen LogP contribution in [0.3, 0.4) is 0 Å². The molecule has 0 aromatic carbocycles. The summed E-state index contributed by atoms with van der Waals surface area (Å²) in [5.74, 6) is -0.174. The van der Waals surface area contributed by atoms with Crippen molar-refractivity contribution in [3.8, 4) is 0 Å². The molecule has 1 heterocycles. The van der Waals surface area contributed by atoms with Crippen molar-refractivity contribution in [3.63, 3.8) is 0 Å². The molecule has 1 aliphatic rings. The van der Waals surface area contributed by atoms with E-state index in [0.717, 1.165) is 12.8 Å². The van der Waals surface area contributed by atoms with Gasteiger partial charge in [-0.05, 0) is 24.9 Å². The topological polar surface area (TPSA) is 74.5 Å². The normalized spacial score (nSPS) is 15.1. The third kappa shape index (κ3) is 3.03. The van der Waals surface area contributed by atoms with Crippen LogP contribution in [0.15, 0.2) is 4.52 Å². The minimum absolute atomic E-state index is 0.0247. The highest BCUT2D eigenvalue weighted by Gasteiger charge is 2.22. The molecule has 1 fully saturated rings. The first-order valence-corrected chi connectivity index (χ1v) is 5.41. The maximum atomic E-state index is 11.2. The number of carbonyl (C=O) groups excluding carboxylic acids is 1. The lowest BCUT2D eigenvalue weighted by Crippen LogP contribution is -2.07. The van der Waals surface area contributed by atoms with E-state index in [0.29, 0.717) is 31.6 Å². The van der Waals surface area contributed by atoms with E-state index in [2.05, 4.69) is 10.1 Å². The second-order valence-corrected chi connectivity index (χ2v) is 3.55. The molecule has 6 nitrogen and oxygen atoms in total. The minimum Gasteiger partial charge on any atom is -0.460 e. The van der Waals surface area contributed by atoms with Crippen LogP contribution in [0.5, 0.6) is 0 Å². The fourth-order valence-corrected chi connectivity index (χ4v) is 1.18. The SMILES string of the molecule is CCOC(=O)c1noc(CCOC2CC2)n1. The molecule has 88 valence electrons. The molecule has 0 aliphatic heterocycles. The molecule has 1 aromatic rings. The highest BCUT2D eigenvalue weighted by Crippen LogP contribution is 2.23. The summed E-state index contributed by atoms with van der Waals surface area (Å²) < 4.78 is 15.1. The van der Waals surface area contributed by atoms with Gasteiger partial charge in [0.1, 0.15) is 0 Å². The standard InChI is InChI=1S/C10H14N2O4/c1-2-14-10(13)9-11-8(16-12-9)5-6-15-7-3-4-7/h7H,2-6H2,1H3. The first-order valence-electron chi connectivity index (χ1n) is 5.41. The number of carbonyl (C=O) groups is 1. The first kappa shape index (κ1) is 11.1. The molecule has 2 rings (SSSR count). The molecule has 1 aromatic heterocycles. The maximum Gasteiger partial charge on any atom is 0.379 e. The Labute approximate surface area is 92.9 Å². The van der Waals surface area contributed by atoms with Gasteiger partial charge in [-0.25, -0.2) is 4.79 Å². The van der Waals surface area contributed by atoms with Gasteiger partial charge in [-0.1, -0.05) is 0 Å². The van der Waals surface area contributed by atoms with Crippen LogP contribution in [-0.2, 0) is 15.9 Å². The molecule has 6 heteroatoms. The zero-order valence-electron chi connectivity index (χ0n) is 9.14. The summed E-state index contributed by atoms with van der Waals surface area (Å²) in [6.07, 6.45) is 3.21. The number of hydrogen-bond acceptors (Lipinski definition) is 6. The number of rotatable bonds is 6. The molecule has 0 radical (unpaired) electrons.